The minimum Gasteiger partial charge on any atom is -0.379 e. The fourth-order valence-electron chi connectivity index (χ4n) is 2.75. The number of morpholine rings is 1. The molecule has 1 aromatic heterocycles. The van der Waals surface area contributed by atoms with Crippen LogP contribution in [0.1, 0.15) is 26.7 Å². The summed E-state index contributed by atoms with van der Waals surface area (Å²) >= 11 is 1.37. The minimum absolute atomic E-state index is 0.0258. The van der Waals surface area contributed by atoms with Gasteiger partial charge in [-0.2, -0.15) is 4.31 Å². The van der Waals surface area contributed by atoms with Gasteiger partial charge in [-0.15, -0.1) is 11.3 Å². The summed E-state index contributed by atoms with van der Waals surface area (Å²) in [6, 6.07) is 6.69. The van der Waals surface area contributed by atoms with Crippen LogP contribution >= 0.6 is 11.3 Å². The first kappa shape index (κ1) is 20.9. The van der Waals surface area contributed by atoms with E-state index in [2.05, 4.69) is 10.3 Å². The molecule has 7 nitrogen and oxygen atoms in total. The molecule has 1 aromatic carbocycles. The number of nitrogens with zero attached hydrogens (tertiary/aromatic N) is 2. The highest BCUT2D eigenvalue weighted by Gasteiger charge is 2.30. The molecule has 0 spiro atoms. The highest BCUT2D eigenvalue weighted by atomic mass is 32.2. The number of benzene rings is 1. The van der Waals surface area contributed by atoms with E-state index in [1.165, 1.54) is 15.6 Å². The van der Waals surface area contributed by atoms with E-state index in [1.807, 2.05) is 19.2 Å². The van der Waals surface area contributed by atoms with Gasteiger partial charge in [-0.05, 0) is 25.0 Å². The van der Waals surface area contributed by atoms with Gasteiger partial charge >= 0.3 is 0 Å². The minimum atomic E-state index is -3.50. The highest BCUT2D eigenvalue weighted by molar-refractivity contribution is 7.89. The van der Waals surface area contributed by atoms with Crippen molar-refractivity contribution < 1.29 is 17.9 Å². The van der Waals surface area contributed by atoms with Crippen molar-refractivity contribution in [1.29, 1.82) is 0 Å². The Kier molecular flexibility index (Phi) is 6.82. The number of anilines is 1. The number of ether oxygens (including phenoxy) is 1. The third-order valence-corrected chi connectivity index (χ3v) is 7.11. The monoisotopic (exact) mass is 423 g/mol. The zero-order chi connectivity index (χ0) is 20.1. The van der Waals surface area contributed by atoms with Crippen LogP contribution in [0, 0.1) is 5.92 Å². The Morgan fingerprint density at radius 1 is 1.18 bits per heavy atom. The number of hydrogen-bond donors (Lipinski definition) is 1. The van der Waals surface area contributed by atoms with E-state index >= 15 is 0 Å². The fourth-order valence-corrected chi connectivity index (χ4v) is 4.88. The van der Waals surface area contributed by atoms with E-state index in [0.717, 1.165) is 24.1 Å². The standard InChI is InChI=1S/C17H19N3O4S2.C2H6/c21-16(13-1-2-13)19-17-18-15(11-25-17)12-3-5-14(6-4-12)26(22,23)20-7-9-24-10-8-20;1-2/h3-6,11,13H,1-2,7-10H2,(H,18,19,21);1-2H3. The maximum atomic E-state index is 12.6. The number of carbonyl (C=O) groups excluding carboxylic acids is 1. The van der Waals surface area contributed by atoms with Gasteiger partial charge < -0.3 is 10.1 Å². The third-order valence-electron chi connectivity index (χ3n) is 4.44. The lowest BCUT2D eigenvalue weighted by molar-refractivity contribution is -0.117. The van der Waals surface area contributed by atoms with Gasteiger partial charge in [0.2, 0.25) is 15.9 Å². The van der Waals surface area contributed by atoms with Gasteiger partial charge in [0, 0.05) is 30.0 Å². The lowest BCUT2D eigenvalue weighted by Gasteiger charge is -2.26. The summed E-state index contributed by atoms with van der Waals surface area (Å²) in [6.07, 6.45) is 1.90. The van der Waals surface area contributed by atoms with E-state index in [-0.39, 0.29) is 16.7 Å². The lowest BCUT2D eigenvalue weighted by atomic mass is 10.2. The van der Waals surface area contributed by atoms with E-state index in [0.29, 0.717) is 31.4 Å². The molecule has 1 aliphatic heterocycles. The quantitative estimate of drug-likeness (QED) is 0.798. The van der Waals surface area contributed by atoms with Crippen LogP contribution in [0.3, 0.4) is 0 Å². The molecule has 1 aliphatic carbocycles. The number of hydrogen-bond acceptors (Lipinski definition) is 6. The van der Waals surface area contributed by atoms with Gasteiger partial charge in [0.05, 0.1) is 23.8 Å². The van der Waals surface area contributed by atoms with Crippen LogP contribution in [0.4, 0.5) is 5.13 Å². The molecule has 2 aromatic rings. The molecular formula is C19H25N3O4S2. The number of aromatic nitrogens is 1. The SMILES string of the molecule is CC.O=C(Nc1nc(-c2ccc(S(=O)(=O)N3CCOCC3)cc2)cs1)C1CC1. The maximum Gasteiger partial charge on any atom is 0.243 e. The predicted molar refractivity (Wildman–Crippen MR) is 110 cm³/mol. The van der Waals surface area contributed by atoms with Gasteiger partial charge in [0.1, 0.15) is 0 Å². The number of rotatable bonds is 5. The molecule has 2 aliphatic rings. The molecule has 0 bridgehead atoms. The molecule has 2 fully saturated rings. The van der Waals surface area contributed by atoms with E-state index in [1.54, 1.807) is 24.3 Å². The van der Waals surface area contributed by atoms with Crippen LogP contribution < -0.4 is 5.32 Å². The van der Waals surface area contributed by atoms with Crippen LogP contribution in [0.2, 0.25) is 0 Å². The average molecular weight is 424 g/mol. The van der Waals surface area contributed by atoms with Crippen LogP contribution in [-0.2, 0) is 19.6 Å². The molecule has 1 saturated heterocycles. The first-order valence-corrected chi connectivity index (χ1v) is 11.8. The van der Waals surface area contributed by atoms with Crippen LogP contribution in [0.25, 0.3) is 11.3 Å². The second kappa shape index (κ2) is 9.13. The molecule has 1 N–H and O–H groups in total. The number of thiazole rings is 1. The molecule has 9 heteroatoms. The molecular weight excluding hydrogens is 398 g/mol. The second-order valence-electron chi connectivity index (χ2n) is 6.34. The third kappa shape index (κ3) is 4.78. The molecule has 0 radical (unpaired) electrons. The Morgan fingerprint density at radius 3 is 2.43 bits per heavy atom. The zero-order valence-corrected chi connectivity index (χ0v) is 17.7. The summed E-state index contributed by atoms with van der Waals surface area (Å²) in [5, 5.41) is 5.25. The Labute approximate surface area is 169 Å². The number of sulfonamides is 1. The highest BCUT2D eigenvalue weighted by Crippen LogP contribution is 2.32. The van der Waals surface area contributed by atoms with Gasteiger partial charge in [0.25, 0.3) is 0 Å². The van der Waals surface area contributed by atoms with Crippen molar-refractivity contribution in [2.24, 2.45) is 5.92 Å². The Balaban J connectivity index is 0.00000109. The summed E-state index contributed by atoms with van der Waals surface area (Å²) in [4.78, 5) is 16.5. The largest absolute Gasteiger partial charge is 0.379 e. The second-order valence-corrected chi connectivity index (χ2v) is 9.14. The number of nitrogens with one attached hydrogen (secondary N) is 1. The predicted octanol–water partition coefficient (Wildman–Crippen LogP) is 3.21. The summed E-state index contributed by atoms with van der Waals surface area (Å²) < 4.78 is 31.9. The molecule has 1 saturated carbocycles. The Morgan fingerprint density at radius 2 is 1.82 bits per heavy atom. The van der Waals surface area contributed by atoms with Crippen molar-refractivity contribution in [3.63, 3.8) is 0 Å². The summed E-state index contributed by atoms with van der Waals surface area (Å²) in [7, 11) is -3.50. The van der Waals surface area contributed by atoms with Gasteiger partial charge in [-0.3, -0.25) is 4.79 Å². The topological polar surface area (TPSA) is 88.6 Å². The molecule has 152 valence electrons. The van der Waals surface area contributed by atoms with Gasteiger partial charge in [0.15, 0.2) is 5.13 Å². The summed E-state index contributed by atoms with van der Waals surface area (Å²) in [6.45, 7) is 5.59. The summed E-state index contributed by atoms with van der Waals surface area (Å²) in [5.41, 5.74) is 1.53. The Hall–Kier alpha value is -1.81. The van der Waals surface area contributed by atoms with Crippen LogP contribution in [-0.4, -0.2) is 49.9 Å². The van der Waals surface area contributed by atoms with Gasteiger partial charge in [-0.25, -0.2) is 13.4 Å². The molecule has 1 amide bonds. The van der Waals surface area contributed by atoms with E-state index in [9.17, 15) is 13.2 Å². The van der Waals surface area contributed by atoms with Crippen molar-refractivity contribution in [3.05, 3.63) is 29.6 Å². The number of carbonyl (C=O) groups is 1. The van der Waals surface area contributed by atoms with Gasteiger partial charge in [-0.1, -0.05) is 26.0 Å². The molecule has 2 heterocycles. The van der Waals surface area contributed by atoms with Crippen molar-refractivity contribution >= 4 is 32.4 Å². The fraction of sp³-hybridized carbons (Fsp3) is 0.474. The average Bonchev–Trinajstić information content (AvgIpc) is 3.50. The van der Waals surface area contributed by atoms with Crippen molar-refractivity contribution in [2.75, 3.05) is 31.6 Å². The van der Waals surface area contributed by atoms with Crippen LogP contribution in [0.5, 0.6) is 0 Å². The van der Waals surface area contributed by atoms with Crippen molar-refractivity contribution in [3.8, 4) is 11.3 Å². The summed E-state index contributed by atoms with van der Waals surface area (Å²) in [5.74, 6) is 0.157. The van der Waals surface area contributed by atoms with E-state index < -0.39 is 10.0 Å². The van der Waals surface area contributed by atoms with Crippen molar-refractivity contribution in [1.82, 2.24) is 9.29 Å². The van der Waals surface area contributed by atoms with E-state index in [4.69, 9.17) is 4.74 Å². The molecule has 28 heavy (non-hydrogen) atoms. The van der Waals surface area contributed by atoms with Crippen molar-refractivity contribution in [2.45, 2.75) is 31.6 Å². The van der Waals surface area contributed by atoms with Crippen LogP contribution in [0.15, 0.2) is 34.5 Å². The molecule has 0 atom stereocenters. The normalized spacial score (nSPS) is 17.5. The first-order chi connectivity index (χ1) is 13.5. The lowest BCUT2D eigenvalue weighted by Crippen LogP contribution is -2.40. The molecule has 4 rings (SSSR count). The number of amides is 1. The first-order valence-electron chi connectivity index (χ1n) is 9.49. The zero-order valence-electron chi connectivity index (χ0n) is 16.1. The maximum absolute atomic E-state index is 12.6. The molecule has 0 unspecified atom stereocenters. The Bertz CT molecular complexity index is 900. The smallest absolute Gasteiger partial charge is 0.243 e.